The van der Waals surface area contributed by atoms with Crippen LogP contribution < -0.4 is 25.4 Å². The first-order valence-corrected chi connectivity index (χ1v) is 9.80. The van der Waals surface area contributed by atoms with Crippen molar-refractivity contribution < 1.29 is 14.3 Å². The molecular weight excluding hydrogens is 398 g/mol. The molecule has 0 radical (unpaired) electrons. The minimum atomic E-state index is -0.285. The first-order valence-electron chi connectivity index (χ1n) is 9.01. The predicted octanol–water partition coefficient (Wildman–Crippen LogP) is 2.84. The maximum atomic E-state index is 12.0. The van der Waals surface area contributed by atoms with Crippen molar-refractivity contribution >= 4 is 21.8 Å². The number of rotatable bonds is 11. The van der Waals surface area contributed by atoms with Gasteiger partial charge < -0.3 is 25.4 Å². The second kappa shape index (κ2) is 11.4. The van der Waals surface area contributed by atoms with E-state index in [4.69, 9.17) is 9.47 Å². The lowest BCUT2D eigenvalue weighted by atomic mass is 10.1. The molecule has 0 bridgehead atoms. The summed E-state index contributed by atoms with van der Waals surface area (Å²) in [5.74, 6) is 1.04. The van der Waals surface area contributed by atoms with Crippen LogP contribution in [0.15, 0.2) is 16.6 Å². The van der Waals surface area contributed by atoms with Gasteiger partial charge in [-0.2, -0.15) is 0 Å². The van der Waals surface area contributed by atoms with E-state index in [2.05, 4.69) is 31.9 Å². The van der Waals surface area contributed by atoms with Crippen molar-refractivity contribution in [1.82, 2.24) is 16.0 Å². The molecule has 1 rings (SSSR count). The monoisotopic (exact) mass is 429 g/mol. The summed E-state index contributed by atoms with van der Waals surface area (Å²) < 4.78 is 12.3. The van der Waals surface area contributed by atoms with E-state index >= 15 is 0 Å². The van der Waals surface area contributed by atoms with Crippen LogP contribution >= 0.6 is 15.9 Å². The van der Waals surface area contributed by atoms with Gasteiger partial charge in [-0.15, -0.1) is 0 Å². The van der Waals surface area contributed by atoms with Crippen molar-refractivity contribution in [2.45, 2.75) is 46.2 Å². The van der Waals surface area contributed by atoms with E-state index in [-0.39, 0.29) is 18.1 Å². The molecule has 0 unspecified atom stereocenters. The Bertz CT molecular complexity index is 574. The summed E-state index contributed by atoms with van der Waals surface area (Å²) in [6.07, 6.45) is 1.07. The van der Waals surface area contributed by atoms with Crippen molar-refractivity contribution in [3.63, 3.8) is 0 Å². The van der Waals surface area contributed by atoms with Crippen molar-refractivity contribution in [1.29, 1.82) is 0 Å². The fourth-order valence-corrected chi connectivity index (χ4v) is 2.77. The Kier molecular flexibility index (Phi) is 9.98. The van der Waals surface area contributed by atoms with Crippen LogP contribution in [0.4, 0.5) is 0 Å². The van der Waals surface area contributed by atoms with E-state index < -0.39 is 0 Å². The van der Waals surface area contributed by atoms with Crippen molar-refractivity contribution in [2.24, 2.45) is 0 Å². The summed E-state index contributed by atoms with van der Waals surface area (Å²) in [6, 6.07) is 3.82. The first kappa shape index (κ1) is 22.7. The summed E-state index contributed by atoms with van der Waals surface area (Å²) in [5.41, 5.74) is 0.802. The third-order valence-electron chi connectivity index (χ3n) is 3.38. The molecule has 1 aromatic carbocycles. The zero-order valence-electron chi connectivity index (χ0n) is 16.5. The van der Waals surface area contributed by atoms with Gasteiger partial charge in [0, 0.05) is 16.6 Å². The summed E-state index contributed by atoms with van der Waals surface area (Å²) in [6.45, 7) is 10.9. The molecule has 0 aromatic heterocycles. The molecule has 148 valence electrons. The molecule has 0 saturated carbocycles. The molecule has 7 heteroatoms. The standard InChI is InChI=1S/C19H32BrN3O3/c1-6-25-16-10-14(12-22-9-7-8-21-5)15(20)11-17(16)26-13-18(24)23-19(2,3)4/h10-11,21-22H,6-9,12-13H2,1-5H3,(H,23,24). The Hall–Kier alpha value is -1.31. The Labute approximate surface area is 165 Å². The normalized spacial score (nSPS) is 11.3. The molecule has 6 nitrogen and oxygen atoms in total. The Morgan fingerprint density at radius 1 is 1.15 bits per heavy atom. The van der Waals surface area contributed by atoms with Gasteiger partial charge in [0.15, 0.2) is 18.1 Å². The molecule has 3 N–H and O–H groups in total. The van der Waals surface area contributed by atoms with Crippen LogP contribution in [0.5, 0.6) is 11.5 Å². The van der Waals surface area contributed by atoms with Gasteiger partial charge in [-0.1, -0.05) is 15.9 Å². The van der Waals surface area contributed by atoms with Crippen LogP contribution in [0, 0.1) is 0 Å². The topological polar surface area (TPSA) is 71.6 Å². The summed E-state index contributed by atoms with van der Waals surface area (Å²) >= 11 is 3.58. The molecule has 0 fully saturated rings. The highest BCUT2D eigenvalue weighted by Gasteiger charge is 2.16. The maximum absolute atomic E-state index is 12.0. The van der Waals surface area contributed by atoms with Crippen LogP contribution in [-0.2, 0) is 11.3 Å². The van der Waals surface area contributed by atoms with Gasteiger partial charge in [0.25, 0.3) is 5.91 Å². The third kappa shape index (κ3) is 8.87. The minimum Gasteiger partial charge on any atom is -0.490 e. The summed E-state index contributed by atoms with van der Waals surface area (Å²) in [4.78, 5) is 12.0. The van der Waals surface area contributed by atoms with E-state index in [0.717, 1.165) is 36.1 Å². The van der Waals surface area contributed by atoms with Crippen LogP contribution in [-0.4, -0.2) is 44.8 Å². The van der Waals surface area contributed by atoms with Crippen LogP contribution in [0.25, 0.3) is 0 Å². The van der Waals surface area contributed by atoms with E-state index in [0.29, 0.717) is 18.1 Å². The lowest BCUT2D eigenvalue weighted by molar-refractivity contribution is -0.124. The number of ether oxygens (including phenoxy) is 2. The fraction of sp³-hybridized carbons (Fsp3) is 0.632. The Morgan fingerprint density at radius 3 is 2.46 bits per heavy atom. The molecule has 1 aromatic rings. The smallest absolute Gasteiger partial charge is 0.258 e. The van der Waals surface area contributed by atoms with E-state index in [1.807, 2.05) is 46.9 Å². The quantitative estimate of drug-likeness (QED) is 0.471. The maximum Gasteiger partial charge on any atom is 0.258 e. The summed E-state index contributed by atoms with van der Waals surface area (Å²) in [5, 5.41) is 9.42. The van der Waals surface area contributed by atoms with Crippen molar-refractivity contribution in [3.05, 3.63) is 22.2 Å². The first-order chi connectivity index (χ1) is 12.3. The predicted molar refractivity (Wildman–Crippen MR) is 109 cm³/mol. The van der Waals surface area contributed by atoms with Gasteiger partial charge >= 0.3 is 0 Å². The Morgan fingerprint density at radius 2 is 1.85 bits per heavy atom. The average Bonchev–Trinajstić information content (AvgIpc) is 2.54. The number of carbonyl (C=O) groups is 1. The highest BCUT2D eigenvalue weighted by atomic mass is 79.9. The molecule has 0 spiro atoms. The highest BCUT2D eigenvalue weighted by molar-refractivity contribution is 9.10. The van der Waals surface area contributed by atoms with Gasteiger partial charge in [-0.25, -0.2) is 0 Å². The second-order valence-electron chi connectivity index (χ2n) is 7.04. The number of hydrogen-bond donors (Lipinski definition) is 3. The molecule has 0 aliphatic carbocycles. The largest absolute Gasteiger partial charge is 0.490 e. The Balaban J connectivity index is 2.73. The second-order valence-corrected chi connectivity index (χ2v) is 7.90. The number of hydrogen-bond acceptors (Lipinski definition) is 5. The molecule has 0 saturated heterocycles. The highest BCUT2D eigenvalue weighted by Crippen LogP contribution is 2.34. The molecule has 0 aliphatic rings. The lowest BCUT2D eigenvalue weighted by Crippen LogP contribution is -2.43. The van der Waals surface area contributed by atoms with Crippen LogP contribution in [0.1, 0.15) is 39.7 Å². The van der Waals surface area contributed by atoms with Crippen molar-refractivity contribution in [2.75, 3.05) is 33.4 Å². The minimum absolute atomic E-state index is 0.0502. The average molecular weight is 430 g/mol. The molecule has 1 amide bonds. The van der Waals surface area contributed by atoms with Crippen molar-refractivity contribution in [3.8, 4) is 11.5 Å². The zero-order chi connectivity index (χ0) is 19.6. The number of amides is 1. The van der Waals surface area contributed by atoms with E-state index in [1.54, 1.807) is 0 Å². The molecule has 0 atom stereocenters. The number of nitrogens with one attached hydrogen (secondary N) is 3. The number of benzene rings is 1. The van der Waals surface area contributed by atoms with Gasteiger partial charge in [-0.3, -0.25) is 4.79 Å². The SMILES string of the molecule is CCOc1cc(CNCCCNC)c(Br)cc1OCC(=O)NC(C)(C)C. The number of carbonyl (C=O) groups excluding carboxylic acids is 1. The van der Waals surface area contributed by atoms with E-state index in [9.17, 15) is 4.79 Å². The molecule has 0 aliphatic heterocycles. The molecule has 0 heterocycles. The third-order valence-corrected chi connectivity index (χ3v) is 4.12. The van der Waals surface area contributed by atoms with Gasteiger partial charge in [0.2, 0.25) is 0 Å². The molecule has 26 heavy (non-hydrogen) atoms. The molecular formula is C19H32BrN3O3. The fourth-order valence-electron chi connectivity index (χ4n) is 2.30. The lowest BCUT2D eigenvalue weighted by Gasteiger charge is -2.21. The number of halogens is 1. The van der Waals surface area contributed by atoms with E-state index in [1.165, 1.54) is 0 Å². The summed E-state index contributed by atoms with van der Waals surface area (Å²) in [7, 11) is 1.95. The van der Waals surface area contributed by atoms with Crippen LogP contribution in [0.2, 0.25) is 0 Å². The van der Waals surface area contributed by atoms with Gasteiger partial charge in [0.1, 0.15) is 0 Å². The van der Waals surface area contributed by atoms with Gasteiger partial charge in [-0.05, 0) is 71.9 Å². The zero-order valence-corrected chi connectivity index (χ0v) is 18.1. The van der Waals surface area contributed by atoms with Crippen LogP contribution in [0.3, 0.4) is 0 Å². The van der Waals surface area contributed by atoms with Gasteiger partial charge in [0.05, 0.1) is 6.61 Å².